The van der Waals surface area contributed by atoms with Crippen molar-refractivity contribution in [3.63, 3.8) is 0 Å². The number of carbonyl (C=O) groups excluding carboxylic acids is 1. The van der Waals surface area contributed by atoms with Gasteiger partial charge < -0.3 is 5.32 Å². The molecular weight excluding hydrogens is 206 g/mol. The molecule has 1 heterocycles. The molecule has 0 aliphatic carbocycles. The summed E-state index contributed by atoms with van der Waals surface area (Å²) in [4.78, 5) is 12.7. The first-order valence-corrected chi connectivity index (χ1v) is 6.24. The second-order valence-electron chi connectivity index (χ2n) is 4.37. The molecule has 0 atom stereocenters. The van der Waals surface area contributed by atoms with Crippen LogP contribution in [0.25, 0.3) is 0 Å². The smallest absolute Gasteiger partial charge is 0.225 e. The van der Waals surface area contributed by atoms with Crippen molar-refractivity contribution in [2.24, 2.45) is 0 Å². The van der Waals surface area contributed by atoms with Gasteiger partial charge in [0, 0.05) is 4.90 Å². The predicted octanol–water partition coefficient (Wildman–Crippen LogP) is 2.32. The van der Waals surface area contributed by atoms with Crippen LogP contribution in [0.1, 0.15) is 25.0 Å². The second kappa shape index (κ2) is 3.56. The molecular formula is C12H15NOS. The Morgan fingerprint density at radius 2 is 2.13 bits per heavy atom. The van der Waals surface area contributed by atoms with Crippen molar-refractivity contribution in [1.82, 2.24) is 5.32 Å². The van der Waals surface area contributed by atoms with Crippen molar-refractivity contribution < 1.29 is 4.79 Å². The Labute approximate surface area is 94.4 Å². The highest BCUT2D eigenvalue weighted by Crippen LogP contribution is 2.30. The van der Waals surface area contributed by atoms with Gasteiger partial charge in [-0.3, -0.25) is 4.79 Å². The molecule has 15 heavy (non-hydrogen) atoms. The number of fused-ring (bicyclic) bond motifs is 1. The molecule has 2 rings (SSSR count). The average Bonchev–Trinajstić information content (AvgIpc) is 2.15. The zero-order valence-electron chi connectivity index (χ0n) is 9.26. The molecule has 1 aromatic rings. The predicted molar refractivity (Wildman–Crippen MR) is 63.1 cm³/mol. The number of nitrogens with one attached hydrogen (secondary N) is 1. The SMILES string of the molecule is CSc1ccc2c(c1)CC(=O)NC2(C)C. The molecule has 1 amide bonds. The van der Waals surface area contributed by atoms with E-state index in [0.29, 0.717) is 6.42 Å². The van der Waals surface area contributed by atoms with Crippen molar-refractivity contribution in [3.8, 4) is 0 Å². The van der Waals surface area contributed by atoms with Gasteiger partial charge in [-0.05, 0) is 43.4 Å². The number of hydrogen-bond acceptors (Lipinski definition) is 2. The minimum Gasteiger partial charge on any atom is -0.347 e. The van der Waals surface area contributed by atoms with Gasteiger partial charge >= 0.3 is 0 Å². The first kappa shape index (κ1) is 10.6. The zero-order chi connectivity index (χ0) is 11.1. The Morgan fingerprint density at radius 1 is 1.40 bits per heavy atom. The van der Waals surface area contributed by atoms with Crippen LogP contribution in [0.4, 0.5) is 0 Å². The quantitative estimate of drug-likeness (QED) is 0.737. The highest BCUT2D eigenvalue weighted by molar-refractivity contribution is 7.98. The van der Waals surface area contributed by atoms with E-state index in [1.54, 1.807) is 11.8 Å². The van der Waals surface area contributed by atoms with Gasteiger partial charge in [0.05, 0.1) is 12.0 Å². The third-order valence-electron chi connectivity index (χ3n) is 2.79. The largest absolute Gasteiger partial charge is 0.347 e. The molecule has 1 N–H and O–H groups in total. The molecule has 1 aromatic carbocycles. The van der Waals surface area contributed by atoms with E-state index in [1.807, 2.05) is 13.8 Å². The molecule has 0 fully saturated rings. The van der Waals surface area contributed by atoms with Crippen LogP contribution in [-0.2, 0) is 16.8 Å². The van der Waals surface area contributed by atoms with Crippen molar-refractivity contribution in [3.05, 3.63) is 29.3 Å². The fourth-order valence-electron chi connectivity index (χ4n) is 2.09. The number of amides is 1. The van der Waals surface area contributed by atoms with Crippen LogP contribution in [0, 0.1) is 0 Å². The standard InChI is InChI=1S/C12H15NOS/c1-12(2)10-5-4-9(15-3)6-8(10)7-11(14)13-12/h4-6H,7H2,1-3H3,(H,13,14). The van der Waals surface area contributed by atoms with Gasteiger partial charge in [-0.2, -0.15) is 0 Å². The Kier molecular flexibility index (Phi) is 2.51. The fraction of sp³-hybridized carbons (Fsp3) is 0.417. The van der Waals surface area contributed by atoms with Crippen LogP contribution in [0.3, 0.4) is 0 Å². The lowest BCUT2D eigenvalue weighted by atomic mass is 9.85. The Bertz CT molecular complexity index is 412. The van der Waals surface area contributed by atoms with Crippen LogP contribution in [0.5, 0.6) is 0 Å². The zero-order valence-corrected chi connectivity index (χ0v) is 10.1. The van der Waals surface area contributed by atoms with Gasteiger partial charge in [0.25, 0.3) is 0 Å². The van der Waals surface area contributed by atoms with Gasteiger partial charge in [0.1, 0.15) is 0 Å². The van der Waals surface area contributed by atoms with Crippen molar-refractivity contribution >= 4 is 17.7 Å². The number of thioether (sulfide) groups is 1. The Morgan fingerprint density at radius 3 is 2.80 bits per heavy atom. The molecule has 0 aromatic heterocycles. The lowest BCUT2D eigenvalue weighted by Gasteiger charge is -2.33. The normalized spacial score (nSPS) is 18.2. The number of hydrogen-bond donors (Lipinski definition) is 1. The van der Waals surface area contributed by atoms with E-state index < -0.39 is 0 Å². The third kappa shape index (κ3) is 1.88. The molecule has 1 aliphatic rings. The summed E-state index contributed by atoms with van der Waals surface area (Å²) in [7, 11) is 0. The lowest BCUT2D eigenvalue weighted by Crippen LogP contribution is -2.46. The van der Waals surface area contributed by atoms with Crippen molar-refractivity contribution in [2.75, 3.05) is 6.26 Å². The van der Waals surface area contributed by atoms with Gasteiger partial charge in [-0.1, -0.05) is 6.07 Å². The fourth-order valence-corrected chi connectivity index (χ4v) is 2.55. The molecule has 0 spiro atoms. The minimum atomic E-state index is -0.235. The van der Waals surface area contributed by atoms with Crippen LogP contribution >= 0.6 is 11.8 Å². The molecule has 1 aliphatic heterocycles. The van der Waals surface area contributed by atoms with Gasteiger partial charge in [-0.25, -0.2) is 0 Å². The highest BCUT2D eigenvalue weighted by atomic mass is 32.2. The summed E-state index contributed by atoms with van der Waals surface area (Å²) in [5.41, 5.74) is 2.16. The van der Waals surface area contributed by atoms with Crippen LogP contribution in [0.15, 0.2) is 23.1 Å². The topological polar surface area (TPSA) is 29.1 Å². The summed E-state index contributed by atoms with van der Waals surface area (Å²) in [6.45, 7) is 4.09. The lowest BCUT2D eigenvalue weighted by molar-refractivity contribution is -0.122. The third-order valence-corrected chi connectivity index (χ3v) is 3.51. The molecule has 0 saturated carbocycles. The van der Waals surface area contributed by atoms with Crippen molar-refractivity contribution in [2.45, 2.75) is 30.7 Å². The molecule has 3 heteroatoms. The monoisotopic (exact) mass is 221 g/mol. The summed E-state index contributed by atoms with van der Waals surface area (Å²) in [5, 5.41) is 3.00. The van der Waals surface area contributed by atoms with Crippen molar-refractivity contribution in [1.29, 1.82) is 0 Å². The van der Waals surface area contributed by atoms with E-state index in [-0.39, 0.29) is 11.4 Å². The number of carbonyl (C=O) groups is 1. The van der Waals surface area contributed by atoms with E-state index in [0.717, 1.165) is 5.56 Å². The summed E-state index contributed by atoms with van der Waals surface area (Å²) < 4.78 is 0. The highest BCUT2D eigenvalue weighted by Gasteiger charge is 2.30. The van der Waals surface area contributed by atoms with Gasteiger partial charge in [-0.15, -0.1) is 11.8 Å². The summed E-state index contributed by atoms with van der Waals surface area (Å²) in [5.74, 6) is 0.116. The molecule has 0 unspecified atom stereocenters. The Hall–Kier alpha value is -0.960. The summed E-state index contributed by atoms with van der Waals surface area (Å²) in [6.07, 6.45) is 2.56. The van der Waals surface area contributed by atoms with Crippen LogP contribution in [-0.4, -0.2) is 12.2 Å². The summed E-state index contributed by atoms with van der Waals surface area (Å²) in [6, 6.07) is 6.36. The first-order chi connectivity index (χ1) is 7.03. The first-order valence-electron chi connectivity index (χ1n) is 5.01. The van der Waals surface area contributed by atoms with E-state index in [2.05, 4.69) is 29.8 Å². The van der Waals surface area contributed by atoms with Crippen LogP contribution < -0.4 is 5.32 Å². The maximum atomic E-state index is 11.5. The maximum absolute atomic E-state index is 11.5. The molecule has 0 bridgehead atoms. The van der Waals surface area contributed by atoms with E-state index in [4.69, 9.17) is 0 Å². The molecule has 0 saturated heterocycles. The molecule has 2 nitrogen and oxygen atoms in total. The molecule has 80 valence electrons. The summed E-state index contributed by atoms with van der Waals surface area (Å²) >= 11 is 1.71. The van der Waals surface area contributed by atoms with Crippen LogP contribution in [0.2, 0.25) is 0 Å². The number of rotatable bonds is 1. The maximum Gasteiger partial charge on any atom is 0.225 e. The Balaban J connectivity index is 2.52. The van der Waals surface area contributed by atoms with E-state index >= 15 is 0 Å². The molecule has 0 radical (unpaired) electrons. The minimum absolute atomic E-state index is 0.116. The second-order valence-corrected chi connectivity index (χ2v) is 5.25. The van der Waals surface area contributed by atoms with E-state index in [1.165, 1.54) is 10.5 Å². The van der Waals surface area contributed by atoms with Gasteiger partial charge in [0.2, 0.25) is 5.91 Å². The average molecular weight is 221 g/mol. The van der Waals surface area contributed by atoms with Gasteiger partial charge in [0.15, 0.2) is 0 Å². The number of benzene rings is 1. The van der Waals surface area contributed by atoms with E-state index in [9.17, 15) is 4.79 Å².